The molecule has 0 aliphatic rings. The van der Waals surface area contributed by atoms with Crippen LogP contribution in [0.3, 0.4) is 0 Å². The maximum Gasteiger partial charge on any atom is 0.268 e. The molecule has 27 heavy (non-hydrogen) atoms. The zero-order valence-corrected chi connectivity index (χ0v) is 16.2. The number of aryl methyl sites for hydroxylation is 1. The average molecular weight is 385 g/mol. The summed E-state index contributed by atoms with van der Waals surface area (Å²) in [6, 6.07) is 8.94. The quantitative estimate of drug-likeness (QED) is 0.695. The van der Waals surface area contributed by atoms with Crippen LogP contribution in [-0.4, -0.2) is 37.2 Å². The van der Waals surface area contributed by atoms with Crippen LogP contribution in [0.15, 0.2) is 36.5 Å². The summed E-state index contributed by atoms with van der Waals surface area (Å²) in [5.41, 5.74) is 1.41. The van der Waals surface area contributed by atoms with E-state index in [-0.39, 0.29) is 5.91 Å². The Morgan fingerprint density at radius 3 is 2.33 bits per heavy atom. The second-order valence-electron chi connectivity index (χ2n) is 5.52. The van der Waals surface area contributed by atoms with Gasteiger partial charge in [0.15, 0.2) is 11.5 Å². The molecule has 7 nitrogen and oxygen atoms in total. The highest BCUT2D eigenvalue weighted by Gasteiger charge is 2.20. The van der Waals surface area contributed by atoms with Crippen LogP contribution in [0.25, 0.3) is 10.6 Å². The van der Waals surface area contributed by atoms with Crippen molar-refractivity contribution in [2.45, 2.75) is 6.92 Å². The lowest BCUT2D eigenvalue weighted by molar-refractivity contribution is 0.102. The maximum absolute atomic E-state index is 12.6. The number of nitrogens with zero attached hydrogens (tertiary/aromatic N) is 2. The lowest BCUT2D eigenvalue weighted by atomic mass is 10.2. The van der Waals surface area contributed by atoms with Crippen LogP contribution in [0.2, 0.25) is 0 Å². The average Bonchev–Trinajstić information content (AvgIpc) is 3.09. The molecule has 1 N–H and O–H groups in total. The summed E-state index contributed by atoms with van der Waals surface area (Å²) in [5, 5.41) is 3.46. The summed E-state index contributed by atoms with van der Waals surface area (Å²) in [4.78, 5) is 21.7. The van der Waals surface area contributed by atoms with Gasteiger partial charge in [0.2, 0.25) is 5.75 Å². The molecule has 0 unspecified atom stereocenters. The van der Waals surface area contributed by atoms with Crippen molar-refractivity contribution in [3.8, 4) is 27.8 Å². The number of anilines is 1. The van der Waals surface area contributed by atoms with E-state index in [9.17, 15) is 4.79 Å². The Hall–Kier alpha value is -3.13. The third kappa shape index (κ3) is 3.85. The Bertz CT molecular complexity index is 932. The van der Waals surface area contributed by atoms with Gasteiger partial charge in [0, 0.05) is 11.8 Å². The van der Waals surface area contributed by atoms with E-state index < -0.39 is 0 Å². The highest BCUT2D eigenvalue weighted by molar-refractivity contribution is 7.17. The minimum Gasteiger partial charge on any atom is -0.493 e. The van der Waals surface area contributed by atoms with Crippen LogP contribution in [0.4, 0.5) is 5.82 Å². The molecule has 2 heterocycles. The highest BCUT2D eigenvalue weighted by Crippen LogP contribution is 2.42. The number of carbonyl (C=O) groups excluding carboxylic acids is 1. The third-order valence-electron chi connectivity index (χ3n) is 3.82. The number of rotatable bonds is 6. The lowest BCUT2D eigenvalue weighted by Gasteiger charge is -2.13. The number of nitrogens with one attached hydrogen (secondary N) is 1. The molecule has 1 aromatic carbocycles. The van der Waals surface area contributed by atoms with Gasteiger partial charge in [0.25, 0.3) is 5.91 Å². The Morgan fingerprint density at radius 2 is 1.78 bits per heavy atom. The molecule has 2 aromatic heterocycles. The van der Waals surface area contributed by atoms with Crippen LogP contribution in [0, 0.1) is 6.92 Å². The molecule has 3 aromatic rings. The first-order valence-corrected chi connectivity index (χ1v) is 8.89. The second-order valence-corrected chi connectivity index (χ2v) is 6.52. The van der Waals surface area contributed by atoms with E-state index in [1.165, 1.54) is 11.3 Å². The van der Waals surface area contributed by atoms with Gasteiger partial charge < -0.3 is 19.5 Å². The molecule has 0 aliphatic carbocycles. The smallest absolute Gasteiger partial charge is 0.268 e. The molecule has 0 fully saturated rings. The molecule has 0 bridgehead atoms. The molecule has 140 valence electrons. The largest absolute Gasteiger partial charge is 0.493 e. The third-order valence-corrected chi connectivity index (χ3v) is 5.03. The molecule has 0 spiro atoms. The molecule has 8 heteroatoms. The van der Waals surface area contributed by atoms with Crippen molar-refractivity contribution >= 4 is 23.1 Å². The van der Waals surface area contributed by atoms with E-state index in [4.69, 9.17) is 14.2 Å². The molecular weight excluding hydrogens is 366 g/mol. The molecule has 0 radical (unpaired) electrons. The van der Waals surface area contributed by atoms with Crippen LogP contribution in [-0.2, 0) is 0 Å². The molecule has 0 aliphatic heterocycles. The number of ether oxygens (including phenoxy) is 3. The zero-order valence-electron chi connectivity index (χ0n) is 15.4. The highest BCUT2D eigenvalue weighted by atomic mass is 32.1. The lowest BCUT2D eigenvalue weighted by Crippen LogP contribution is -2.12. The van der Waals surface area contributed by atoms with E-state index in [0.29, 0.717) is 38.6 Å². The zero-order chi connectivity index (χ0) is 19.4. The van der Waals surface area contributed by atoms with Gasteiger partial charge in [-0.2, -0.15) is 0 Å². The van der Waals surface area contributed by atoms with Gasteiger partial charge >= 0.3 is 0 Å². The minimum atomic E-state index is -0.248. The normalized spacial score (nSPS) is 10.4. The minimum absolute atomic E-state index is 0.248. The molecule has 0 atom stereocenters. The van der Waals surface area contributed by atoms with E-state index >= 15 is 0 Å². The number of benzene rings is 1. The van der Waals surface area contributed by atoms with Gasteiger partial charge in [0.1, 0.15) is 15.7 Å². The first-order valence-electron chi connectivity index (χ1n) is 8.07. The number of hydrogen-bond donors (Lipinski definition) is 1. The summed E-state index contributed by atoms with van der Waals surface area (Å²) in [6.07, 6.45) is 1.62. The summed E-state index contributed by atoms with van der Waals surface area (Å²) < 4.78 is 16.1. The number of amides is 1. The van der Waals surface area contributed by atoms with Crippen molar-refractivity contribution in [2.75, 3.05) is 26.6 Å². The van der Waals surface area contributed by atoms with Crippen LogP contribution >= 0.6 is 11.3 Å². The Morgan fingerprint density at radius 1 is 1.07 bits per heavy atom. The summed E-state index contributed by atoms with van der Waals surface area (Å²) in [7, 11) is 4.66. The number of carbonyl (C=O) groups is 1. The standard InChI is InChI=1S/C19H19N3O4S/c1-11-17(18(23)22-15-7-5-6-8-20-15)27-19(21-11)12-9-13(24-2)16(26-4)14(10-12)25-3/h5-10H,1-4H3,(H,20,22,23). The van der Waals surface area contributed by atoms with Crippen molar-refractivity contribution in [3.63, 3.8) is 0 Å². The number of thiazole rings is 1. The van der Waals surface area contributed by atoms with Crippen molar-refractivity contribution < 1.29 is 19.0 Å². The van der Waals surface area contributed by atoms with Crippen molar-refractivity contribution in [2.24, 2.45) is 0 Å². The Labute approximate surface area is 161 Å². The van der Waals surface area contributed by atoms with Gasteiger partial charge in [-0.1, -0.05) is 6.07 Å². The topological polar surface area (TPSA) is 82.6 Å². The SMILES string of the molecule is COc1cc(-c2nc(C)c(C(=O)Nc3ccccn3)s2)cc(OC)c1OC. The van der Waals surface area contributed by atoms with Crippen LogP contribution < -0.4 is 19.5 Å². The predicted molar refractivity (Wildman–Crippen MR) is 104 cm³/mol. The maximum atomic E-state index is 12.6. The van der Waals surface area contributed by atoms with E-state index in [2.05, 4.69) is 15.3 Å². The second kappa shape index (κ2) is 8.05. The monoisotopic (exact) mass is 385 g/mol. The van der Waals surface area contributed by atoms with Crippen molar-refractivity contribution in [3.05, 3.63) is 47.1 Å². The Balaban J connectivity index is 1.95. The van der Waals surface area contributed by atoms with Crippen LogP contribution in [0.1, 0.15) is 15.4 Å². The van der Waals surface area contributed by atoms with Gasteiger partial charge in [-0.15, -0.1) is 11.3 Å². The summed E-state index contributed by atoms with van der Waals surface area (Å²) >= 11 is 1.29. The number of aromatic nitrogens is 2. The van der Waals surface area contributed by atoms with Gasteiger partial charge in [0.05, 0.1) is 27.0 Å². The van der Waals surface area contributed by atoms with E-state index in [1.807, 2.05) is 6.07 Å². The van der Waals surface area contributed by atoms with Crippen molar-refractivity contribution in [1.29, 1.82) is 0 Å². The number of hydrogen-bond acceptors (Lipinski definition) is 7. The molecule has 1 amide bonds. The summed E-state index contributed by atoms with van der Waals surface area (Å²) in [6.45, 7) is 1.80. The fraction of sp³-hybridized carbons (Fsp3) is 0.211. The number of methoxy groups -OCH3 is 3. The molecule has 3 rings (SSSR count). The molecule has 0 saturated carbocycles. The predicted octanol–water partition coefficient (Wildman–Crippen LogP) is 3.79. The molecular formula is C19H19N3O4S. The first kappa shape index (κ1) is 18.7. The first-order chi connectivity index (χ1) is 13.1. The van der Waals surface area contributed by atoms with E-state index in [1.54, 1.807) is 58.7 Å². The summed E-state index contributed by atoms with van der Waals surface area (Å²) in [5.74, 6) is 1.80. The van der Waals surface area contributed by atoms with Gasteiger partial charge in [-0.05, 0) is 31.2 Å². The van der Waals surface area contributed by atoms with Crippen molar-refractivity contribution in [1.82, 2.24) is 9.97 Å². The van der Waals surface area contributed by atoms with Gasteiger partial charge in [-0.25, -0.2) is 9.97 Å². The van der Waals surface area contributed by atoms with Crippen LogP contribution in [0.5, 0.6) is 17.2 Å². The fourth-order valence-corrected chi connectivity index (χ4v) is 3.49. The van der Waals surface area contributed by atoms with Gasteiger partial charge in [-0.3, -0.25) is 4.79 Å². The molecule has 0 saturated heterocycles. The fourth-order valence-electron chi connectivity index (χ4n) is 2.54. The van der Waals surface area contributed by atoms with E-state index in [0.717, 1.165) is 5.56 Å². The Kier molecular flexibility index (Phi) is 5.56. The number of pyridine rings is 1.